The molecule has 1 fully saturated rings. The second-order valence-electron chi connectivity index (χ2n) is 10.9. The van der Waals surface area contributed by atoms with Crippen LogP contribution in [0.2, 0.25) is 0 Å². The highest BCUT2D eigenvalue weighted by molar-refractivity contribution is 5.84. The van der Waals surface area contributed by atoms with Crippen LogP contribution >= 0.6 is 0 Å². The molecule has 2 aliphatic rings. The van der Waals surface area contributed by atoms with Crippen LogP contribution in [0.25, 0.3) is 5.57 Å². The van der Waals surface area contributed by atoms with Crippen LogP contribution in [0, 0.1) is 5.82 Å². The Morgan fingerprint density at radius 3 is 2.41 bits per heavy atom. The Balaban J connectivity index is 1.53. The Morgan fingerprint density at radius 1 is 1.15 bits per heavy atom. The predicted octanol–water partition coefficient (Wildman–Crippen LogP) is 5.48. The fourth-order valence-electron chi connectivity index (χ4n) is 5.18. The number of alkyl halides is 5. The van der Waals surface area contributed by atoms with E-state index in [1.807, 2.05) is 13.8 Å². The summed E-state index contributed by atoms with van der Waals surface area (Å²) in [6.07, 6.45) is -2.97. The van der Waals surface area contributed by atoms with E-state index in [4.69, 9.17) is 5.73 Å². The first-order valence-corrected chi connectivity index (χ1v) is 12.7. The minimum atomic E-state index is -4.71. The molecule has 6 nitrogen and oxygen atoms in total. The van der Waals surface area contributed by atoms with Gasteiger partial charge in [0.1, 0.15) is 23.7 Å². The van der Waals surface area contributed by atoms with E-state index < -0.39 is 47.3 Å². The van der Waals surface area contributed by atoms with Crippen molar-refractivity contribution in [1.82, 2.24) is 14.9 Å². The van der Waals surface area contributed by atoms with Gasteiger partial charge in [0.15, 0.2) is 0 Å². The van der Waals surface area contributed by atoms with Crippen molar-refractivity contribution < 1.29 is 31.1 Å². The molecule has 2 heterocycles. The van der Waals surface area contributed by atoms with Crippen molar-refractivity contribution in [1.29, 1.82) is 0 Å². The van der Waals surface area contributed by atoms with Crippen LogP contribution in [-0.2, 0) is 16.9 Å². The Bertz CT molecular complexity index is 1250. The normalized spacial score (nSPS) is 18.3. The number of nitrogens with two attached hydrogens (primary N) is 1. The zero-order chi connectivity index (χ0) is 28.8. The Morgan fingerprint density at radius 2 is 1.82 bits per heavy atom. The molecule has 1 aromatic carbocycles. The van der Waals surface area contributed by atoms with Crippen LogP contribution in [0.1, 0.15) is 67.8 Å². The Labute approximate surface area is 222 Å². The number of fused-ring (bicyclic) bond motifs is 1. The van der Waals surface area contributed by atoms with Crippen molar-refractivity contribution in [3.05, 3.63) is 59.3 Å². The average Bonchev–Trinajstić information content (AvgIpc) is 3.09. The van der Waals surface area contributed by atoms with Crippen molar-refractivity contribution in [2.75, 3.05) is 31.1 Å². The molecule has 39 heavy (non-hydrogen) atoms. The minimum Gasteiger partial charge on any atom is -0.352 e. The van der Waals surface area contributed by atoms with Gasteiger partial charge in [-0.15, -0.1) is 0 Å². The number of aromatic nitrogens is 2. The Kier molecular flexibility index (Phi) is 7.72. The molecule has 2 N–H and O–H groups in total. The smallest absolute Gasteiger partial charge is 0.352 e. The maximum atomic E-state index is 14.9. The molecule has 1 amide bonds. The Hall–Kier alpha value is -3.15. The predicted molar refractivity (Wildman–Crippen MR) is 135 cm³/mol. The number of nitrogens with zero attached hydrogens (tertiary/aromatic N) is 4. The fraction of sp³-hybridized carbons (Fsp3) is 0.519. The highest BCUT2D eigenvalue weighted by atomic mass is 19.4. The number of carbonyl (C=O) groups excluding carboxylic acids is 1. The van der Waals surface area contributed by atoms with Gasteiger partial charge >= 0.3 is 6.18 Å². The van der Waals surface area contributed by atoms with E-state index in [-0.39, 0.29) is 55.0 Å². The number of amides is 1. The van der Waals surface area contributed by atoms with Gasteiger partial charge in [-0.3, -0.25) is 4.79 Å². The number of anilines is 1. The number of hydrogen-bond acceptors (Lipinski definition) is 5. The average molecular weight is 556 g/mol. The highest BCUT2D eigenvalue weighted by Crippen LogP contribution is 2.48. The standard InChI is InChI=1S/C27H31F6N5O/c1-16-14-26(29,30)22-21(16)23(36-15-35-22)37-9-11-38(12-10-37)24(39)19(5-4-8-25(2,3)34)18-7-6-17(13-20(18)28)27(31,32)33/h6-7,13,15,19H,1,4-5,8-12,14,34H2,2-3H3/t19-/m1/s1. The molecular weight excluding hydrogens is 524 g/mol. The van der Waals surface area contributed by atoms with Crippen molar-refractivity contribution in [3.63, 3.8) is 0 Å². The third kappa shape index (κ3) is 6.21. The molecule has 1 saturated heterocycles. The summed E-state index contributed by atoms with van der Waals surface area (Å²) >= 11 is 0. The number of benzene rings is 1. The highest BCUT2D eigenvalue weighted by Gasteiger charge is 2.45. The second kappa shape index (κ2) is 10.4. The number of halogens is 6. The van der Waals surface area contributed by atoms with Crippen LogP contribution in [0.15, 0.2) is 31.1 Å². The van der Waals surface area contributed by atoms with Gasteiger partial charge in [0.2, 0.25) is 5.91 Å². The van der Waals surface area contributed by atoms with E-state index in [1.165, 1.54) is 4.90 Å². The molecule has 0 radical (unpaired) electrons. The molecule has 1 aromatic heterocycles. The molecule has 1 aliphatic heterocycles. The van der Waals surface area contributed by atoms with Crippen LogP contribution in [0.3, 0.4) is 0 Å². The molecule has 0 spiro atoms. The van der Waals surface area contributed by atoms with Crippen molar-refractivity contribution in [3.8, 4) is 0 Å². The number of carbonyl (C=O) groups is 1. The third-order valence-corrected chi connectivity index (χ3v) is 7.17. The molecule has 4 rings (SSSR count). The van der Waals surface area contributed by atoms with E-state index in [2.05, 4.69) is 16.5 Å². The van der Waals surface area contributed by atoms with Gasteiger partial charge < -0.3 is 15.5 Å². The van der Waals surface area contributed by atoms with E-state index in [1.54, 1.807) is 4.90 Å². The molecule has 2 aromatic rings. The number of allylic oxidation sites excluding steroid dienone is 1. The number of hydrogen-bond donors (Lipinski definition) is 1. The van der Waals surface area contributed by atoms with E-state index in [9.17, 15) is 31.1 Å². The van der Waals surface area contributed by atoms with E-state index >= 15 is 0 Å². The topological polar surface area (TPSA) is 75.4 Å². The summed E-state index contributed by atoms with van der Waals surface area (Å²) in [4.78, 5) is 24.9. The first-order valence-electron chi connectivity index (χ1n) is 12.7. The van der Waals surface area contributed by atoms with E-state index in [0.717, 1.165) is 18.5 Å². The minimum absolute atomic E-state index is 0.0996. The second-order valence-corrected chi connectivity index (χ2v) is 10.9. The molecule has 12 heteroatoms. The maximum absolute atomic E-state index is 14.9. The van der Waals surface area contributed by atoms with Crippen molar-refractivity contribution in [2.45, 2.75) is 63.1 Å². The van der Waals surface area contributed by atoms with Crippen LogP contribution in [-0.4, -0.2) is 52.5 Å². The molecule has 0 bridgehead atoms. The summed E-state index contributed by atoms with van der Waals surface area (Å²) in [5.41, 5.74) is 4.39. The molecular formula is C27H31F6N5O. The molecule has 0 unspecified atom stereocenters. The first-order chi connectivity index (χ1) is 18.1. The lowest BCUT2D eigenvalue weighted by atomic mass is 9.88. The van der Waals surface area contributed by atoms with Gasteiger partial charge in [-0.05, 0) is 44.4 Å². The summed E-state index contributed by atoms with van der Waals surface area (Å²) in [7, 11) is 0. The summed E-state index contributed by atoms with van der Waals surface area (Å²) < 4.78 is 82.9. The summed E-state index contributed by atoms with van der Waals surface area (Å²) in [6.45, 7) is 8.32. The van der Waals surface area contributed by atoms with Crippen molar-refractivity contribution >= 4 is 17.3 Å². The van der Waals surface area contributed by atoms with Gasteiger partial charge in [0.05, 0.1) is 11.5 Å². The monoisotopic (exact) mass is 555 g/mol. The first kappa shape index (κ1) is 28.8. The molecule has 1 atom stereocenters. The zero-order valence-corrected chi connectivity index (χ0v) is 21.8. The SMILES string of the molecule is C=C1CC(F)(F)c2ncnc(N3CCN(C(=O)[C@H](CCCC(C)(C)N)c4ccc(C(F)(F)F)cc4F)CC3)c21. The third-order valence-electron chi connectivity index (χ3n) is 7.17. The molecule has 212 valence electrons. The van der Waals surface area contributed by atoms with Crippen LogP contribution < -0.4 is 10.6 Å². The van der Waals surface area contributed by atoms with Gasteiger partial charge in [0.25, 0.3) is 5.92 Å². The van der Waals surface area contributed by atoms with Crippen LogP contribution in [0.5, 0.6) is 0 Å². The molecule has 1 aliphatic carbocycles. The van der Waals surface area contributed by atoms with Gasteiger partial charge in [0, 0.05) is 49.3 Å². The van der Waals surface area contributed by atoms with Crippen LogP contribution in [0.4, 0.5) is 32.2 Å². The summed E-state index contributed by atoms with van der Waals surface area (Å²) in [6, 6.07) is 2.22. The lowest BCUT2D eigenvalue weighted by Crippen LogP contribution is -2.50. The quantitative estimate of drug-likeness (QED) is 0.458. The van der Waals surface area contributed by atoms with Gasteiger partial charge in [-0.25, -0.2) is 14.4 Å². The van der Waals surface area contributed by atoms with Crippen molar-refractivity contribution in [2.24, 2.45) is 5.73 Å². The summed E-state index contributed by atoms with van der Waals surface area (Å²) in [5.74, 6) is -5.30. The molecule has 0 saturated carbocycles. The lowest BCUT2D eigenvalue weighted by molar-refractivity contribution is -0.137. The largest absolute Gasteiger partial charge is 0.416 e. The maximum Gasteiger partial charge on any atom is 0.416 e. The van der Waals surface area contributed by atoms with Gasteiger partial charge in [-0.2, -0.15) is 22.0 Å². The summed E-state index contributed by atoms with van der Waals surface area (Å²) in [5, 5.41) is 0. The number of rotatable bonds is 7. The fourth-order valence-corrected chi connectivity index (χ4v) is 5.18. The number of piperazine rings is 1. The lowest BCUT2D eigenvalue weighted by Gasteiger charge is -2.38. The van der Waals surface area contributed by atoms with E-state index in [0.29, 0.717) is 24.7 Å². The zero-order valence-electron chi connectivity index (χ0n) is 21.8. The van der Waals surface area contributed by atoms with Gasteiger partial charge in [-0.1, -0.05) is 19.1 Å².